The number of aliphatic hydroxyl groups excluding tert-OH is 7. The van der Waals surface area contributed by atoms with Crippen molar-refractivity contribution in [1.29, 1.82) is 0 Å². The zero-order valence-electron chi connectivity index (χ0n) is 49.7. The van der Waals surface area contributed by atoms with Crippen LogP contribution in [0, 0.1) is 0 Å². The summed E-state index contributed by atoms with van der Waals surface area (Å²) in [6.45, 7) is 3.23. The molecule has 9 atom stereocenters. The molecule has 1 aliphatic rings. The smallest absolute Gasteiger partial charge is 0.249 e. The summed E-state index contributed by atoms with van der Waals surface area (Å²) in [7, 11) is 0. The SMILES string of the molecule is C/C=C/CC/C=C/CC/C=C/CCCC(O)C(O)C(COC1OC(CO)C(O)C(O)C1O)NC(=O)C(O)CCCCCCCCCCCCCCCCCC/C=C\CCCCCCCCCCCCCCCCCCCC. The van der Waals surface area contributed by atoms with Gasteiger partial charge in [0.05, 0.1) is 25.4 Å². The van der Waals surface area contributed by atoms with Crippen LogP contribution in [0.4, 0.5) is 0 Å². The number of ether oxygens (including phenoxy) is 2. The highest BCUT2D eigenvalue weighted by Gasteiger charge is 2.44. The van der Waals surface area contributed by atoms with Crippen LogP contribution in [0.1, 0.15) is 296 Å². The van der Waals surface area contributed by atoms with Crippen molar-refractivity contribution in [2.45, 2.75) is 351 Å². The van der Waals surface area contributed by atoms with Crippen molar-refractivity contribution >= 4 is 5.91 Å². The van der Waals surface area contributed by atoms with E-state index in [-0.39, 0.29) is 12.8 Å². The quantitative estimate of drug-likeness (QED) is 0.0215. The largest absolute Gasteiger partial charge is 0.394 e. The van der Waals surface area contributed by atoms with Gasteiger partial charge in [-0.1, -0.05) is 261 Å². The van der Waals surface area contributed by atoms with E-state index in [9.17, 15) is 40.5 Å². The molecule has 452 valence electrons. The summed E-state index contributed by atoms with van der Waals surface area (Å²) >= 11 is 0. The summed E-state index contributed by atoms with van der Waals surface area (Å²) in [5.41, 5.74) is 0. The minimum atomic E-state index is -1.67. The lowest BCUT2D eigenvalue weighted by Gasteiger charge is -2.40. The molecule has 0 aromatic carbocycles. The van der Waals surface area contributed by atoms with E-state index in [4.69, 9.17) is 9.47 Å². The van der Waals surface area contributed by atoms with E-state index in [2.05, 4.69) is 60.8 Å². The van der Waals surface area contributed by atoms with E-state index in [1.807, 2.05) is 6.92 Å². The Balaban J connectivity index is 2.10. The van der Waals surface area contributed by atoms with Crippen molar-refractivity contribution in [3.63, 3.8) is 0 Å². The van der Waals surface area contributed by atoms with E-state index in [1.165, 1.54) is 205 Å². The Morgan fingerprint density at radius 1 is 0.468 bits per heavy atom. The molecule has 8 N–H and O–H groups in total. The van der Waals surface area contributed by atoms with Crippen LogP contribution in [-0.4, -0.2) is 110 Å². The molecule has 1 heterocycles. The Labute approximate surface area is 472 Å². The first-order valence-corrected chi connectivity index (χ1v) is 32.5. The number of carbonyl (C=O) groups excluding carboxylic acids is 1. The molecule has 0 bridgehead atoms. The Morgan fingerprint density at radius 3 is 1.23 bits per heavy atom. The molecule has 0 spiro atoms. The Kier molecular flexibility index (Phi) is 51.9. The molecule has 1 rings (SSSR count). The summed E-state index contributed by atoms with van der Waals surface area (Å²) in [6.07, 6.45) is 59.6. The van der Waals surface area contributed by atoms with Gasteiger partial charge < -0.3 is 50.5 Å². The van der Waals surface area contributed by atoms with Gasteiger partial charge in [-0.15, -0.1) is 0 Å². The fourth-order valence-electron chi connectivity index (χ4n) is 10.4. The van der Waals surface area contributed by atoms with E-state index in [0.717, 1.165) is 44.9 Å². The molecular formula is C66H123NO10. The van der Waals surface area contributed by atoms with Crippen LogP contribution in [0.15, 0.2) is 48.6 Å². The van der Waals surface area contributed by atoms with E-state index in [0.29, 0.717) is 19.3 Å². The number of amides is 1. The second-order valence-electron chi connectivity index (χ2n) is 22.8. The fourth-order valence-corrected chi connectivity index (χ4v) is 10.4. The molecular weight excluding hydrogens is 967 g/mol. The standard InChI is InChI=1S/C66H123NO10/c1-3-5-7-9-11-13-15-17-18-19-20-21-22-23-24-25-26-27-28-29-30-31-32-33-34-35-36-37-38-39-40-41-42-44-46-48-50-52-54-59(70)65(75)67-57(56-76-66-64(74)63(73)62(72)60(55-68)77-66)61(71)58(69)53-51-49-47-45-43-16-14-12-10-8-6-4-2/h4,6,12,14,29-30,45,47,57-64,66,68-74H,3,5,7-11,13,15-28,31-44,46,48-56H2,1-2H3,(H,67,75)/b6-4+,14-12+,30-29-,47-45+. The van der Waals surface area contributed by atoms with Gasteiger partial charge in [-0.2, -0.15) is 0 Å². The van der Waals surface area contributed by atoms with Crippen molar-refractivity contribution in [1.82, 2.24) is 5.32 Å². The molecule has 1 amide bonds. The van der Waals surface area contributed by atoms with Gasteiger partial charge in [0.1, 0.15) is 36.6 Å². The normalized spacial score (nSPS) is 19.8. The molecule has 0 saturated carbocycles. The lowest BCUT2D eigenvalue weighted by molar-refractivity contribution is -0.303. The average Bonchev–Trinajstić information content (AvgIpc) is 3.43. The second kappa shape index (κ2) is 54.6. The minimum absolute atomic E-state index is 0.240. The summed E-state index contributed by atoms with van der Waals surface area (Å²) in [5.74, 6) is -0.711. The first kappa shape index (κ1) is 73.1. The predicted molar refractivity (Wildman–Crippen MR) is 321 cm³/mol. The molecule has 0 aliphatic carbocycles. The number of carbonyl (C=O) groups is 1. The monoisotopic (exact) mass is 1090 g/mol. The van der Waals surface area contributed by atoms with Gasteiger partial charge in [-0.25, -0.2) is 0 Å². The molecule has 11 nitrogen and oxygen atoms in total. The maximum atomic E-state index is 13.2. The predicted octanol–water partition coefficient (Wildman–Crippen LogP) is 14.8. The van der Waals surface area contributed by atoms with E-state index >= 15 is 0 Å². The van der Waals surface area contributed by atoms with Crippen LogP contribution in [0.25, 0.3) is 0 Å². The second-order valence-corrected chi connectivity index (χ2v) is 22.8. The van der Waals surface area contributed by atoms with E-state index in [1.54, 1.807) is 0 Å². The third kappa shape index (κ3) is 42.6. The number of rotatable bonds is 56. The lowest BCUT2D eigenvalue weighted by atomic mass is 9.98. The molecule has 9 unspecified atom stereocenters. The first-order valence-electron chi connectivity index (χ1n) is 32.5. The number of nitrogens with one attached hydrogen (secondary N) is 1. The number of aliphatic hydroxyl groups is 7. The summed E-state index contributed by atoms with van der Waals surface area (Å²) in [5, 5.41) is 76.0. The Hall–Kier alpha value is -1.93. The highest BCUT2D eigenvalue weighted by Crippen LogP contribution is 2.24. The fraction of sp³-hybridized carbons (Fsp3) is 0.864. The summed E-state index contributed by atoms with van der Waals surface area (Å²) < 4.78 is 11.1. The zero-order valence-corrected chi connectivity index (χ0v) is 49.7. The minimum Gasteiger partial charge on any atom is -0.394 e. The van der Waals surface area contributed by atoms with Crippen LogP contribution >= 0.6 is 0 Å². The topological polar surface area (TPSA) is 189 Å². The first-order chi connectivity index (χ1) is 37.7. The van der Waals surface area contributed by atoms with Crippen LogP contribution in [0.2, 0.25) is 0 Å². The summed E-state index contributed by atoms with van der Waals surface area (Å²) in [6, 6.07) is -1.19. The van der Waals surface area contributed by atoms with Gasteiger partial charge >= 0.3 is 0 Å². The maximum absolute atomic E-state index is 13.2. The molecule has 11 heteroatoms. The Morgan fingerprint density at radius 2 is 0.831 bits per heavy atom. The molecule has 0 aromatic heterocycles. The molecule has 0 aromatic rings. The van der Waals surface area contributed by atoms with Crippen molar-refractivity contribution in [2.75, 3.05) is 13.2 Å². The maximum Gasteiger partial charge on any atom is 0.249 e. The number of hydrogen-bond donors (Lipinski definition) is 8. The zero-order chi connectivity index (χ0) is 56.1. The summed E-state index contributed by atoms with van der Waals surface area (Å²) in [4.78, 5) is 13.2. The number of allylic oxidation sites excluding steroid dienone is 8. The van der Waals surface area contributed by atoms with Crippen molar-refractivity contribution in [2.24, 2.45) is 0 Å². The van der Waals surface area contributed by atoms with Crippen molar-refractivity contribution in [3.05, 3.63) is 48.6 Å². The van der Waals surface area contributed by atoms with Gasteiger partial charge in [0.15, 0.2) is 6.29 Å². The van der Waals surface area contributed by atoms with E-state index < -0.39 is 74.2 Å². The number of hydrogen-bond acceptors (Lipinski definition) is 10. The van der Waals surface area contributed by atoms with Gasteiger partial charge in [0, 0.05) is 0 Å². The molecule has 77 heavy (non-hydrogen) atoms. The van der Waals surface area contributed by atoms with Crippen molar-refractivity contribution in [3.8, 4) is 0 Å². The third-order valence-corrected chi connectivity index (χ3v) is 15.7. The molecule has 0 radical (unpaired) electrons. The van der Waals surface area contributed by atoms with Crippen molar-refractivity contribution < 1.29 is 50.0 Å². The highest BCUT2D eigenvalue weighted by molar-refractivity contribution is 5.80. The average molecular weight is 1090 g/mol. The number of unbranched alkanes of at least 4 members (excludes halogenated alkanes) is 37. The molecule has 1 fully saturated rings. The van der Waals surface area contributed by atoms with Gasteiger partial charge in [-0.05, 0) is 84.0 Å². The van der Waals surface area contributed by atoms with Gasteiger partial charge in [-0.3, -0.25) is 4.79 Å². The highest BCUT2D eigenvalue weighted by atomic mass is 16.7. The van der Waals surface area contributed by atoms with Crippen LogP contribution in [0.5, 0.6) is 0 Å². The van der Waals surface area contributed by atoms with Crippen LogP contribution in [0.3, 0.4) is 0 Å². The third-order valence-electron chi connectivity index (χ3n) is 15.7. The van der Waals surface area contributed by atoms with Gasteiger partial charge in [0.2, 0.25) is 5.91 Å². The lowest BCUT2D eigenvalue weighted by Crippen LogP contribution is -2.60. The van der Waals surface area contributed by atoms with Gasteiger partial charge in [0.25, 0.3) is 0 Å². The molecule has 1 aliphatic heterocycles. The Bertz CT molecular complexity index is 1390. The van der Waals surface area contributed by atoms with Crippen LogP contribution in [-0.2, 0) is 14.3 Å². The van der Waals surface area contributed by atoms with Crippen LogP contribution < -0.4 is 5.32 Å². The molecule has 1 saturated heterocycles.